The molecule has 3 rings (SSSR count). The van der Waals surface area contributed by atoms with Crippen molar-refractivity contribution in [2.75, 3.05) is 0 Å². The predicted molar refractivity (Wildman–Crippen MR) is 117 cm³/mol. The summed E-state index contributed by atoms with van der Waals surface area (Å²) >= 11 is 0. The smallest absolute Gasteiger partial charge is 0.335 e. The van der Waals surface area contributed by atoms with Gasteiger partial charge in [-0.3, -0.25) is 0 Å². The quantitative estimate of drug-likeness (QED) is 0.241. The molecule has 2 aromatic rings. The van der Waals surface area contributed by atoms with Crippen LogP contribution in [-0.4, -0.2) is 17.2 Å². The van der Waals surface area contributed by atoms with Crippen LogP contribution in [0, 0.1) is 29.3 Å². The van der Waals surface area contributed by atoms with Crippen molar-refractivity contribution in [2.45, 2.75) is 70.9 Å². The average Bonchev–Trinajstić information content (AvgIpc) is 2.77. The molecule has 1 fully saturated rings. The van der Waals surface area contributed by atoms with Gasteiger partial charge in [0, 0.05) is 6.42 Å². The van der Waals surface area contributed by atoms with E-state index in [0.29, 0.717) is 5.92 Å². The van der Waals surface area contributed by atoms with Gasteiger partial charge < -0.3 is 5.11 Å². The van der Waals surface area contributed by atoms with Crippen LogP contribution in [-0.2, 0) is 6.42 Å². The van der Waals surface area contributed by atoms with E-state index in [4.69, 9.17) is 0 Å². The monoisotopic (exact) mass is 450 g/mol. The van der Waals surface area contributed by atoms with Crippen molar-refractivity contribution in [3.05, 3.63) is 58.9 Å². The summed E-state index contributed by atoms with van der Waals surface area (Å²) in [4.78, 5) is 11.8. The number of carbonyl (C=O) groups is 1. The van der Waals surface area contributed by atoms with Crippen molar-refractivity contribution in [3.8, 4) is 11.1 Å². The molecule has 1 aliphatic rings. The van der Waals surface area contributed by atoms with Crippen LogP contribution in [0.1, 0.15) is 74.2 Å². The second kappa shape index (κ2) is 11.0. The Morgan fingerprint density at radius 3 is 2.31 bits per heavy atom. The highest BCUT2D eigenvalue weighted by molar-refractivity contribution is 5.92. The highest BCUT2D eigenvalue weighted by Crippen LogP contribution is 2.37. The van der Waals surface area contributed by atoms with Crippen LogP contribution in [0.4, 0.5) is 17.6 Å². The molecule has 0 bridgehead atoms. The Morgan fingerprint density at radius 2 is 1.72 bits per heavy atom. The fraction of sp³-hybridized carbons (Fsp3) is 0.500. The first-order valence-corrected chi connectivity index (χ1v) is 11.5. The number of rotatable bonds is 9. The van der Waals surface area contributed by atoms with Gasteiger partial charge in [0.15, 0.2) is 17.5 Å². The second-order valence-electron chi connectivity index (χ2n) is 8.89. The van der Waals surface area contributed by atoms with Crippen molar-refractivity contribution in [3.63, 3.8) is 0 Å². The highest BCUT2D eigenvalue weighted by Gasteiger charge is 2.29. The maximum absolute atomic E-state index is 15.4. The molecule has 2 nitrogen and oxygen atoms in total. The third kappa shape index (κ3) is 5.70. The first-order valence-electron chi connectivity index (χ1n) is 11.5. The van der Waals surface area contributed by atoms with Gasteiger partial charge in [-0.15, -0.1) is 0 Å². The summed E-state index contributed by atoms with van der Waals surface area (Å²) in [7, 11) is 0. The lowest BCUT2D eigenvalue weighted by atomic mass is 9.76. The summed E-state index contributed by atoms with van der Waals surface area (Å²) in [6.07, 6.45) is 6.78. The molecule has 0 spiro atoms. The van der Waals surface area contributed by atoms with E-state index >= 15 is 4.39 Å². The minimum atomic E-state index is -1.59. The van der Waals surface area contributed by atoms with Crippen molar-refractivity contribution < 1.29 is 27.5 Å². The van der Waals surface area contributed by atoms with E-state index in [-0.39, 0.29) is 34.6 Å². The van der Waals surface area contributed by atoms with Gasteiger partial charge >= 0.3 is 5.97 Å². The zero-order valence-corrected chi connectivity index (χ0v) is 18.4. The highest BCUT2D eigenvalue weighted by atomic mass is 19.2. The molecule has 0 radical (unpaired) electrons. The first kappa shape index (κ1) is 24.3. The maximum atomic E-state index is 15.4. The van der Waals surface area contributed by atoms with Gasteiger partial charge in [-0.25, -0.2) is 22.4 Å². The fourth-order valence-corrected chi connectivity index (χ4v) is 4.87. The second-order valence-corrected chi connectivity index (χ2v) is 8.89. The molecule has 1 unspecified atom stereocenters. The average molecular weight is 451 g/mol. The molecule has 1 aliphatic carbocycles. The van der Waals surface area contributed by atoms with E-state index in [1.165, 1.54) is 43.9 Å². The zero-order chi connectivity index (χ0) is 23.3. The Morgan fingerprint density at radius 1 is 1.06 bits per heavy atom. The standard InChI is InChI=1S/C26H30F4O2/c1-2-3-4-6-16-9-11-17(12-10-16)22(27)15-21-19(7-5-8-20(21)26(31)32)18-13-23(28)25(30)24(29)14-18/h5,7-8,13-14,16-17,22H,2-4,6,9-12,15H2,1H3,(H,31,32)/t16-,17-,22?. The number of hydrogen-bond donors (Lipinski definition) is 1. The van der Waals surface area contributed by atoms with E-state index in [2.05, 4.69) is 6.92 Å². The number of unbranched alkanes of at least 4 members (excludes halogenated alkanes) is 2. The van der Waals surface area contributed by atoms with Gasteiger partial charge in [-0.2, -0.15) is 0 Å². The third-order valence-corrected chi connectivity index (χ3v) is 6.72. The summed E-state index contributed by atoms with van der Waals surface area (Å²) < 4.78 is 56.4. The van der Waals surface area contributed by atoms with E-state index in [1.54, 1.807) is 0 Å². The number of hydrogen-bond acceptors (Lipinski definition) is 1. The Kier molecular flexibility index (Phi) is 8.32. The predicted octanol–water partition coefficient (Wildman–Crippen LogP) is 7.74. The summed E-state index contributed by atoms with van der Waals surface area (Å²) in [5, 5.41) is 9.62. The number of carboxylic acids is 1. The molecular formula is C26H30F4O2. The molecule has 0 saturated heterocycles. The van der Waals surface area contributed by atoms with Crippen LogP contribution >= 0.6 is 0 Å². The molecule has 174 valence electrons. The van der Waals surface area contributed by atoms with Crippen molar-refractivity contribution >= 4 is 5.97 Å². The summed E-state index contributed by atoms with van der Waals surface area (Å²) in [6.45, 7) is 2.17. The van der Waals surface area contributed by atoms with E-state index in [1.807, 2.05) is 0 Å². The van der Waals surface area contributed by atoms with Crippen LogP contribution in [0.15, 0.2) is 30.3 Å². The van der Waals surface area contributed by atoms with Gasteiger partial charge in [0.1, 0.15) is 6.17 Å². The van der Waals surface area contributed by atoms with Gasteiger partial charge in [0.25, 0.3) is 0 Å². The molecule has 6 heteroatoms. The van der Waals surface area contributed by atoms with Crippen LogP contribution in [0.2, 0.25) is 0 Å². The van der Waals surface area contributed by atoms with Crippen molar-refractivity contribution in [1.29, 1.82) is 0 Å². The van der Waals surface area contributed by atoms with Crippen LogP contribution in [0.3, 0.4) is 0 Å². The number of halogens is 4. The Bertz CT molecular complexity index is 912. The molecule has 0 aliphatic heterocycles. The van der Waals surface area contributed by atoms with Crippen molar-refractivity contribution in [2.24, 2.45) is 11.8 Å². The number of benzene rings is 2. The van der Waals surface area contributed by atoms with Gasteiger partial charge in [0.2, 0.25) is 0 Å². The molecule has 0 amide bonds. The normalized spacial score (nSPS) is 19.7. The molecule has 32 heavy (non-hydrogen) atoms. The molecule has 1 saturated carbocycles. The van der Waals surface area contributed by atoms with E-state index < -0.39 is 29.6 Å². The van der Waals surface area contributed by atoms with Crippen LogP contribution < -0.4 is 0 Å². The van der Waals surface area contributed by atoms with Crippen LogP contribution in [0.5, 0.6) is 0 Å². The molecule has 1 atom stereocenters. The Hall–Kier alpha value is -2.37. The Labute approximate surface area is 186 Å². The molecular weight excluding hydrogens is 420 g/mol. The molecule has 2 aromatic carbocycles. The molecule has 0 aromatic heterocycles. The van der Waals surface area contributed by atoms with E-state index in [9.17, 15) is 23.1 Å². The summed E-state index contributed by atoms with van der Waals surface area (Å²) in [5.41, 5.74) is 0.274. The lowest BCUT2D eigenvalue weighted by Gasteiger charge is -2.31. The number of aromatic carboxylic acids is 1. The summed E-state index contributed by atoms with van der Waals surface area (Å²) in [6, 6.07) is 5.92. The zero-order valence-electron chi connectivity index (χ0n) is 18.4. The van der Waals surface area contributed by atoms with E-state index in [0.717, 1.165) is 37.8 Å². The topological polar surface area (TPSA) is 37.3 Å². The minimum absolute atomic E-state index is 0.00803. The summed E-state index contributed by atoms with van der Waals surface area (Å²) in [5.74, 6) is -5.12. The lowest BCUT2D eigenvalue weighted by Crippen LogP contribution is -2.25. The molecule has 0 heterocycles. The Balaban J connectivity index is 1.81. The first-order chi connectivity index (χ1) is 15.3. The van der Waals surface area contributed by atoms with Gasteiger partial charge in [0.05, 0.1) is 5.56 Å². The number of carboxylic acid groups (broad SMARTS) is 1. The minimum Gasteiger partial charge on any atom is -0.478 e. The lowest BCUT2D eigenvalue weighted by molar-refractivity contribution is 0.0694. The van der Waals surface area contributed by atoms with Gasteiger partial charge in [-0.1, -0.05) is 57.6 Å². The van der Waals surface area contributed by atoms with Gasteiger partial charge in [-0.05, 0) is 59.6 Å². The van der Waals surface area contributed by atoms with Crippen molar-refractivity contribution in [1.82, 2.24) is 0 Å². The maximum Gasteiger partial charge on any atom is 0.335 e. The third-order valence-electron chi connectivity index (χ3n) is 6.72. The largest absolute Gasteiger partial charge is 0.478 e. The SMILES string of the molecule is CCCCC[C@H]1CC[C@H](C(F)Cc2c(C(=O)O)cccc2-c2cc(F)c(F)c(F)c2)CC1. The number of alkyl halides is 1. The fourth-order valence-electron chi connectivity index (χ4n) is 4.87. The van der Waals surface area contributed by atoms with Crippen LogP contribution in [0.25, 0.3) is 11.1 Å². The molecule has 1 N–H and O–H groups in total.